The van der Waals surface area contributed by atoms with Crippen molar-refractivity contribution in [1.29, 1.82) is 0 Å². The third kappa shape index (κ3) is 6.69. The minimum absolute atomic E-state index is 0.0355. The van der Waals surface area contributed by atoms with Crippen LogP contribution in [-0.2, 0) is 20.9 Å². The molecular weight excluding hydrogens is 344 g/mol. The quantitative estimate of drug-likeness (QED) is 0.625. The topological polar surface area (TPSA) is 63.0 Å². The van der Waals surface area contributed by atoms with Crippen molar-refractivity contribution in [3.05, 3.63) is 24.2 Å². The summed E-state index contributed by atoms with van der Waals surface area (Å²) in [6, 6.07) is 3.72. The normalized spacial score (nSPS) is 17.9. The maximum absolute atomic E-state index is 13.1. The molecule has 2 unspecified atom stereocenters. The average Bonchev–Trinajstić information content (AvgIpc) is 3.31. The molecule has 1 aromatic heterocycles. The first-order chi connectivity index (χ1) is 12.9. The van der Waals surface area contributed by atoms with Gasteiger partial charge in [0.15, 0.2) is 0 Å². The first kappa shape index (κ1) is 21.5. The van der Waals surface area contributed by atoms with E-state index in [4.69, 9.17) is 9.15 Å². The van der Waals surface area contributed by atoms with Crippen LogP contribution in [0.1, 0.15) is 59.1 Å². The lowest BCUT2D eigenvalue weighted by Crippen LogP contribution is -2.48. The fourth-order valence-electron chi connectivity index (χ4n) is 3.30. The molecule has 2 rings (SSSR count). The molecule has 1 saturated heterocycles. The average molecular weight is 379 g/mol. The summed E-state index contributed by atoms with van der Waals surface area (Å²) in [6.07, 6.45) is 4.94. The Morgan fingerprint density at radius 3 is 2.59 bits per heavy atom. The lowest BCUT2D eigenvalue weighted by molar-refractivity contribution is -0.144. The molecule has 27 heavy (non-hydrogen) atoms. The molecule has 0 radical (unpaired) electrons. The molecule has 0 aliphatic carbocycles. The standard InChI is InChI=1S/C21H34N2O4/c1-5-17(4)23(20(24)12-16(2)3)15-21(25)22(13-18-8-6-10-26-18)14-19-9-7-11-27-19/h6,8,10,16-17,19H,5,7,9,11-15H2,1-4H3. The zero-order chi connectivity index (χ0) is 19.8. The van der Waals surface area contributed by atoms with Crippen LogP contribution in [0.5, 0.6) is 0 Å². The Balaban J connectivity index is 2.08. The lowest BCUT2D eigenvalue weighted by atomic mass is 10.1. The van der Waals surface area contributed by atoms with Gasteiger partial charge in [0.2, 0.25) is 11.8 Å². The van der Waals surface area contributed by atoms with Gasteiger partial charge in [-0.15, -0.1) is 0 Å². The van der Waals surface area contributed by atoms with Crippen LogP contribution in [0.25, 0.3) is 0 Å². The van der Waals surface area contributed by atoms with E-state index < -0.39 is 0 Å². The number of hydrogen-bond acceptors (Lipinski definition) is 4. The van der Waals surface area contributed by atoms with E-state index in [2.05, 4.69) is 0 Å². The fraction of sp³-hybridized carbons (Fsp3) is 0.714. The van der Waals surface area contributed by atoms with Gasteiger partial charge in [0.05, 0.1) is 18.9 Å². The Kier molecular flexibility index (Phi) is 8.35. The number of ether oxygens (including phenoxy) is 1. The Labute approximate surface area is 162 Å². The molecule has 1 fully saturated rings. The van der Waals surface area contributed by atoms with Crippen LogP contribution in [0, 0.1) is 5.92 Å². The van der Waals surface area contributed by atoms with E-state index in [-0.39, 0.29) is 36.4 Å². The molecule has 6 heteroatoms. The summed E-state index contributed by atoms with van der Waals surface area (Å²) in [4.78, 5) is 29.3. The summed E-state index contributed by atoms with van der Waals surface area (Å²) in [5, 5.41) is 0. The van der Waals surface area contributed by atoms with Crippen molar-refractivity contribution < 1.29 is 18.7 Å². The van der Waals surface area contributed by atoms with Crippen LogP contribution < -0.4 is 0 Å². The second-order valence-corrected chi connectivity index (χ2v) is 7.87. The summed E-state index contributed by atoms with van der Waals surface area (Å²) in [6.45, 7) is 9.88. The van der Waals surface area contributed by atoms with Crippen molar-refractivity contribution in [3.8, 4) is 0 Å². The molecule has 1 aliphatic rings. The Hall–Kier alpha value is -1.82. The highest BCUT2D eigenvalue weighted by atomic mass is 16.5. The summed E-state index contributed by atoms with van der Waals surface area (Å²) < 4.78 is 11.2. The predicted octanol–water partition coefficient (Wildman–Crippen LogP) is 3.46. The van der Waals surface area contributed by atoms with Gasteiger partial charge in [0, 0.05) is 25.6 Å². The van der Waals surface area contributed by atoms with E-state index in [1.165, 1.54) is 0 Å². The van der Waals surface area contributed by atoms with Gasteiger partial charge in [-0.25, -0.2) is 0 Å². The largest absolute Gasteiger partial charge is 0.467 e. The van der Waals surface area contributed by atoms with Gasteiger partial charge >= 0.3 is 0 Å². The summed E-state index contributed by atoms with van der Waals surface area (Å²) in [5.74, 6) is 0.997. The maximum atomic E-state index is 13.1. The zero-order valence-corrected chi connectivity index (χ0v) is 17.1. The van der Waals surface area contributed by atoms with E-state index in [1.54, 1.807) is 16.1 Å². The number of hydrogen-bond donors (Lipinski definition) is 0. The lowest BCUT2D eigenvalue weighted by Gasteiger charge is -2.32. The number of rotatable bonds is 10. The van der Waals surface area contributed by atoms with Crippen molar-refractivity contribution in [3.63, 3.8) is 0 Å². The SMILES string of the molecule is CCC(C)N(CC(=O)N(Cc1ccco1)CC1CCCO1)C(=O)CC(C)C. The van der Waals surface area contributed by atoms with Gasteiger partial charge in [-0.1, -0.05) is 20.8 Å². The molecular formula is C21H34N2O4. The van der Waals surface area contributed by atoms with Crippen LogP contribution in [0.15, 0.2) is 22.8 Å². The van der Waals surface area contributed by atoms with Gasteiger partial charge in [-0.3, -0.25) is 9.59 Å². The summed E-state index contributed by atoms with van der Waals surface area (Å²) in [7, 11) is 0. The van der Waals surface area contributed by atoms with Gasteiger partial charge in [-0.2, -0.15) is 0 Å². The second kappa shape index (κ2) is 10.5. The third-order valence-electron chi connectivity index (χ3n) is 5.06. The Bertz CT molecular complexity index is 579. The number of furan rings is 1. The summed E-state index contributed by atoms with van der Waals surface area (Å²) >= 11 is 0. The molecule has 0 aromatic carbocycles. The van der Waals surface area contributed by atoms with Crippen molar-refractivity contribution in [2.45, 2.75) is 72.1 Å². The minimum Gasteiger partial charge on any atom is -0.467 e. The van der Waals surface area contributed by atoms with E-state index in [0.29, 0.717) is 19.5 Å². The molecule has 2 amide bonds. The van der Waals surface area contributed by atoms with Crippen molar-refractivity contribution >= 4 is 11.8 Å². The molecule has 2 heterocycles. The predicted molar refractivity (Wildman–Crippen MR) is 104 cm³/mol. The summed E-state index contributed by atoms with van der Waals surface area (Å²) in [5.41, 5.74) is 0. The smallest absolute Gasteiger partial charge is 0.242 e. The number of amides is 2. The molecule has 2 atom stereocenters. The highest BCUT2D eigenvalue weighted by molar-refractivity contribution is 5.85. The fourth-order valence-corrected chi connectivity index (χ4v) is 3.30. The van der Waals surface area contributed by atoms with Crippen LogP contribution in [-0.4, -0.2) is 53.5 Å². The van der Waals surface area contributed by atoms with Crippen molar-refractivity contribution in [2.75, 3.05) is 19.7 Å². The Morgan fingerprint density at radius 1 is 1.26 bits per heavy atom. The van der Waals surface area contributed by atoms with Gasteiger partial charge in [-0.05, 0) is 44.2 Å². The van der Waals surface area contributed by atoms with Gasteiger partial charge in [0.1, 0.15) is 12.3 Å². The molecule has 6 nitrogen and oxygen atoms in total. The molecule has 152 valence electrons. The molecule has 1 aromatic rings. The Morgan fingerprint density at radius 2 is 2.04 bits per heavy atom. The highest BCUT2D eigenvalue weighted by Crippen LogP contribution is 2.17. The van der Waals surface area contributed by atoms with Crippen LogP contribution in [0.3, 0.4) is 0 Å². The first-order valence-electron chi connectivity index (χ1n) is 10.1. The van der Waals surface area contributed by atoms with E-state index in [9.17, 15) is 9.59 Å². The highest BCUT2D eigenvalue weighted by Gasteiger charge is 2.28. The molecule has 0 bridgehead atoms. The van der Waals surface area contributed by atoms with Gasteiger partial charge < -0.3 is 19.0 Å². The van der Waals surface area contributed by atoms with Crippen molar-refractivity contribution in [1.82, 2.24) is 9.80 Å². The van der Waals surface area contributed by atoms with Crippen LogP contribution in [0.4, 0.5) is 0 Å². The minimum atomic E-state index is -0.0562. The maximum Gasteiger partial charge on any atom is 0.242 e. The van der Waals surface area contributed by atoms with Gasteiger partial charge in [0.25, 0.3) is 0 Å². The van der Waals surface area contributed by atoms with E-state index in [1.807, 2.05) is 39.8 Å². The number of nitrogens with zero attached hydrogens (tertiary/aromatic N) is 2. The zero-order valence-electron chi connectivity index (χ0n) is 17.1. The van der Waals surface area contributed by atoms with E-state index >= 15 is 0 Å². The molecule has 0 saturated carbocycles. The van der Waals surface area contributed by atoms with E-state index in [0.717, 1.165) is 31.6 Å². The van der Waals surface area contributed by atoms with Crippen LogP contribution >= 0.6 is 0 Å². The monoisotopic (exact) mass is 378 g/mol. The number of carbonyl (C=O) groups excluding carboxylic acids is 2. The number of carbonyl (C=O) groups is 2. The molecule has 1 aliphatic heterocycles. The first-order valence-corrected chi connectivity index (χ1v) is 10.1. The molecule has 0 spiro atoms. The second-order valence-electron chi connectivity index (χ2n) is 7.87. The van der Waals surface area contributed by atoms with Crippen molar-refractivity contribution in [2.24, 2.45) is 5.92 Å². The van der Waals surface area contributed by atoms with Crippen LogP contribution in [0.2, 0.25) is 0 Å². The molecule has 0 N–H and O–H groups in total. The third-order valence-corrected chi connectivity index (χ3v) is 5.06.